The lowest BCUT2D eigenvalue weighted by molar-refractivity contribution is -0.145. The van der Waals surface area contributed by atoms with E-state index in [9.17, 15) is 19.5 Å². The van der Waals surface area contributed by atoms with E-state index in [0.29, 0.717) is 36.6 Å². The summed E-state index contributed by atoms with van der Waals surface area (Å²) in [6, 6.07) is 16.1. The number of carbonyl (C=O) groups excluding carboxylic acids is 3. The fraction of sp³-hybridized carbons (Fsp3) is 0.424. The topological polar surface area (TPSA) is 81.2 Å². The van der Waals surface area contributed by atoms with Crippen molar-refractivity contribution in [2.24, 2.45) is 11.8 Å². The van der Waals surface area contributed by atoms with Crippen LogP contribution in [0.1, 0.15) is 31.7 Å². The minimum absolute atomic E-state index is 0.0791. The zero-order valence-electron chi connectivity index (χ0n) is 24.0. The lowest BCUT2D eigenvalue weighted by Crippen LogP contribution is -2.55. The van der Waals surface area contributed by atoms with Gasteiger partial charge in [0.1, 0.15) is 6.04 Å². The number of nitrogens with zero attached hydrogens (tertiary/aromatic N) is 3. The number of halogens is 1. The molecule has 3 amide bonds. The number of carbonyl (C=O) groups is 3. The Morgan fingerprint density at radius 3 is 2.40 bits per heavy atom. The molecule has 3 heterocycles. The molecule has 3 fully saturated rings. The summed E-state index contributed by atoms with van der Waals surface area (Å²) in [6.07, 6.45) is 5.11. The number of hydrogen-bond acceptors (Lipinski definition) is 5. The van der Waals surface area contributed by atoms with Crippen molar-refractivity contribution in [3.05, 3.63) is 90.5 Å². The summed E-state index contributed by atoms with van der Waals surface area (Å²) in [4.78, 5) is 48.5. The Morgan fingerprint density at radius 2 is 1.76 bits per heavy atom. The van der Waals surface area contributed by atoms with Crippen LogP contribution in [0, 0.1) is 11.8 Å². The van der Waals surface area contributed by atoms with Crippen LogP contribution in [0.5, 0.6) is 0 Å². The van der Waals surface area contributed by atoms with Gasteiger partial charge in [-0.3, -0.25) is 14.4 Å². The van der Waals surface area contributed by atoms with Crippen LogP contribution >= 0.6 is 23.4 Å². The van der Waals surface area contributed by atoms with Crippen molar-refractivity contribution in [3.8, 4) is 0 Å². The highest BCUT2D eigenvalue weighted by Crippen LogP contribution is 2.71. The monoisotopic (exact) mass is 607 g/mol. The predicted octanol–water partition coefficient (Wildman–Crippen LogP) is 4.94. The second-order valence-corrected chi connectivity index (χ2v) is 13.9. The van der Waals surface area contributed by atoms with E-state index < -0.39 is 27.4 Å². The molecule has 0 aliphatic carbocycles. The first kappa shape index (κ1) is 30.4. The molecule has 5 atom stereocenters. The maximum absolute atomic E-state index is 14.6. The van der Waals surface area contributed by atoms with Crippen molar-refractivity contribution in [2.75, 3.05) is 31.1 Å². The Balaban J connectivity index is 1.54. The number of aliphatic hydroxyl groups is 1. The molecule has 42 heavy (non-hydrogen) atoms. The number of aliphatic hydroxyl groups excluding tert-OH is 1. The number of likely N-dealkylation sites (tertiary alicyclic amines) is 1. The van der Waals surface area contributed by atoms with Crippen molar-refractivity contribution in [2.45, 2.75) is 48.3 Å². The molecule has 3 aliphatic heterocycles. The number of hydrogen-bond donors (Lipinski definition) is 1. The molecular formula is C33H38ClN3O4S. The highest BCUT2D eigenvalue weighted by atomic mass is 35.5. The van der Waals surface area contributed by atoms with Gasteiger partial charge >= 0.3 is 0 Å². The van der Waals surface area contributed by atoms with Crippen LogP contribution in [0.3, 0.4) is 0 Å². The first-order chi connectivity index (χ1) is 20.2. The SMILES string of the molecule is C=CCN(Cc1ccccc1)C(=O)[C@@H]1[C@H]2C(=O)N(CCCO)C(C(=O)N(CC=C)c3ccc(Cl)cc3)C23CC[C@@]1(C)S3. The third-order valence-electron chi connectivity index (χ3n) is 8.93. The zero-order chi connectivity index (χ0) is 30.1. The molecule has 9 heteroatoms. The van der Waals surface area contributed by atoms with Gasteiger partial charge in [-0.05, 0) is 56.0 Å². The van der Waals surface area contributed by atoms with Gasteiger partial charge in [-0.2, -0.15) is 0 Å². The quantitative estimate of drug-likeness (QED) is 0.346. The van der Waals surface area contributed by atoms with Gasteiger partial charge in [0.25, 0.3) is 5.91 Å². The Hall–Kier alpha value is -3.07. The smallest absolute Gasteiger partial charge is 0.251 e. The van der Waals surface area contributed by atoms with Gasteiger partial charge in [0.2, 0.25) is 11.8 Å². The molecule has 3 saturated heterocycles. The molecule has 0 saturated carbocycles. The molecule has 222 valence electrons. The third-order valence-corrected chi connectivity index (χ3v) is 11.2. The lowest BCUT2D eigenvalue weighted by Gasteiger charge is -2.38. The van der Waals surface area contributed by atoms with Gasteiger partial charge in [-0.25, -0.2) is 0 Å². The normalized spacial score (nSPS) is 27.5. The summed E-state index contributed by atoms with van der Waals surface area (Å²) in [5.74, 6) is -1.68. The summed E-state index contributed by atoms with van der Waals surface area (Å²) in [6.45, 7) is 11.0. The van der Waals surface area contributed by atoms with Crippen molar-refractivity contribution < 1.29 is 19.5 Å². The molecular weight excluding hydrogens is 570 g/mol. The second-order valence-electron chi connectivity index (χ2n) is 11.5. The van der Waals surface area contributed by atoms with E-state index in [1.54, 1.807) is 62.9 Å². The summed E-state index contributed by atoms with van der Waals surface area (Å²) in [5, 5.41) is 10.2. The second kappa shape index (κ2) is 12.3. The largest absolute Gasteiger partial charge is 0.396 e. The molecule has 3 aliphatic rings. The zero-order valence-corrected chi connectivity index (χ0v) is 25.5. The maximum atomic E-state index is 14.6. The van der Waals surface area contributed by atoms with Gasteiger partial charge in [0.15, 0.2) is 0 Å². The van der Waals surface area contributed by atoms with E-state index in [4.69, 9.17) is 11.6 Å². The molecule has 2 aromatic carbocycles. The van der Waals surface area contributed by atoms with Crippen molar-refractivity contribution in [1.82, 2.24) is 9.80 Å². The summed E-state index contributed by atoms with van der Waals surface area (Å²) >= 11 is 7.78. The van der Waals surface area contributed by atoms with E-state index in [2.05, 4.69) is 20.1 Å². The first-order valence-electron chi connectivity index (χ1n) is 14.4. The number of rotatable bonds is 12. The fourth-order valence-electron chi connectivity index (χ4n) is 7.17. The lowest BCUT2D eigenvalue weighted by atomic mass is 9.66. The summed E-state index contributed by atoms with van der Waals surface area (Å²) in [5.41, 5.74) is 1.66. The van der Waals surface area contributed by atoms with Crippen LogP contribution in [0.25, 0.3) is 0 Å². The summed E-state index contributed by atoms with van der Waals surface area (Å²) < 4.78 is -1.24. The van der Waals surface area contributed by atoms with E-state index in [1.165, 1.54) is 0 Å². The highest BCUT2D eigenvalue weighted by molar-refractivity contribution is 8.02. The molecule has 0 aromatic heterocycles. The molecule has 7 nitrogen and oxygen atoms in total. The maximum Gasteiger partial charge on any atom is 0.251 e. The molecule has 2 bridgehead atoms. The third kappa shape index (κ3) is 5.18. The first-order valence-corrected chi connectivity index (χ1v) is 15.6. The van der Waals surface area contributed by atoms with Crippen LogP contribution < -0.4 is 4.90 Å². The molecule has 1 N–H and O–H groups in total. The average Bonchev–Trinajstić information content (AvgIpc) is 3.55. The number of amides is 3. The Bertz CT molecular complexity index is 1350. The Morgan fingerprint density at radius 1 is 1.07 bits per heavy atom. The number of fused-ring (bicyclic) bond motifs is 1. The fourth-order valence-corrected chi connectivity index (χ4v) is 9.64. The van der Waals surface area contributed by atoms with Gasteiger partial charge in [-0.1, -0.05) is 54.1 Å². The molecule has 2 unspecified atom stereocenters. The van der Waals surface area contributed by atoms with E-state index in [0.717, 1.165) is 12.0 Å². The predicted molar refractivity (Wildman–Crippen MR) is 168 cm³/mol. The standard InChI is InChI=1S/C33H38ClN3O4S/c1-4-18-35(22-23-10-7-6-8-11-23)29(39)26-27-30(40)37(20-9-21-38)28(33(27)17-16-32(26,3)42-33)31(41)36(19-5-2)25-14-12-24(34)13-15-25/h4-8,10-15,26-28,38H,1-2,9,16-22H2,3H3/t26-,27-,28?,32+,33?/m0/s1. The van der Waals surface area contributed by atoms with Crippen molar-refractivity contribution >= 4 is 46.8 Å². The summed E-state index contributed by atoms with van der Waals surface area (Å²) in [7, 11) is 0. The number of thioether (sulfide) groups is 1. The van der Waals surface area contributed by atoms with Crippen LogP contribution in [-0.2, 0) is 20.9 Å². The molecule has 2 aromatic rings. The van der Waals surface area contributed by atoms with E-state index >= 15 is 0 Å². The van der Waals surface area contributed by atoms with Crippen LogP contribution in [-0.4, -0.2) is 74.4 Å². The average molecular weight is 608 g/mol. The number of anilines is 1. The van der Waals surface area contributed by atoms with Crippen LogP contribution in [0.2, 0.25) is 5.02 Å². The van der Waals surface area contributed by atoms with Crippen LogP contribution in [0.15, 0.2) is 79.9 Å². The van der Waals surface area contributed by atoms with E-state index in [-0.39, 0.29) is 37.4 Å². The van der Waals surface area contributed by atoms with Gasteiger partial charge in [-0.15, -0.1) is 24.9 Å². The van der Waals surface area contributed by atoms with Gasteiger partial charge < -0.3 is 19.8 Å². The minimum atomic E-state index is -0.774. The van der Waals surface area contributed by atoms with E-state index in [1.807, 2.05) is 30.3 Å². The number of benzene rings is 2. The van der Waals surface area contributed by atoms with Crippen molar-refractivity contribution in [1.29, 1.82) is 0 Å². The molecule has 1 spiro atoms. The molecule has 5 rings (SSSR count). The Kier molecular flexibility index (Phi) is 8.88. The van der Waals surface area contributed by atoms with Crippen LogP contribution in [0.4, 0.5) is 5.69 Å². The van der Waals surface area contributed by atoms with Gasteiger partial charge in [0.05, 0.1) is 16.6 Å². The van der Waals surface area contributed by atoms with Gasteiger partial charge in [0, 0.05) is 48.2 Å². The highest BCUT2D eigenvalue weighted by Gasteiger charge is 2.77. The minimum Gasteiger partial charge on any atom is -0.396 e. The van der Waals surface area contributed by atoms with Crippen molar-refractivity contribution in [3.63, 3.8) is 0 Å². The molecule has 0 radical (unpaired) electrons. The Labute approximate surface area is 257 Å².